The first-order chi connectivity index (χ1) is 8.28. The second-order valence-electron chi connectivity index (χ2n) is 3.82. The van der Waals surface area contributed by atoms with Crippen molar-refractivity contribution < 1.29 is 13.7 Å². The standard InChI is InChI=1S/C13H11NO3/c1-8-6-13(17-14-8)12-7-9-10(15-2)4-3-5-11(9)16-12/h3-7H,1-2H3. The molecule has 0 saturated carbocycles. The zero-order valence-corrected chi connectivity index (χ0v) is 9.56. The fourth-order valence-corrected chi connectivity index (χ4v) is 1.81. The van der Waals surface area contributed by atoms with Gasteiger partial charge in [-0.3, -0.25) is 0 Å². The summed E-state index contributed by atoms with van der Waals surface area (Å²) in [5, 5.41) is 4.77. The lowest BCUT2D eigenvalue weighted by Gasteiger charge is -1.98. The molecule has 0 aliphatic rings. The van der Waals surface area contributed by atoms with E-state index < -0.39 is 0 Å². The number of methoxy groups -OCH3 is 1. The third kappa shape index (κ3) is 1.58. The molecule has 3 rings (SSSR count). The van der Waals surface area contributed by atoms with Crippen molar-refractivity contribution in [2.24, 2.45) is 0 Å². The second-order valence-corrected chi connectivity index (χ2v) is 3.82. The quantitative estimate of drug-likeness (QED) is 0.675. The number of furan rings is 1. The van der Waals surface area contributed by atoms with E-state index in [1.807, 2.05) is 37.3 Å². The molecule has 1 aromatic carbocycles. The van der Waals surface area contributed by atoms with E-state index in [0.717, 1.165) is 22.4 Å². The van der Waals surface area contributed by atoms with Crippen molar-refractivity contribution in [3.63, 3.8) is 0 Å². The molecule has 4 heteroatoms. The highest BCUT2D eigenvalue weighted by Crippen LogP contribution is 2.33. The maximum atomic E-state index is 5.70. The average molecular weight is 229 g/mol. The smallest absolute Gasteiger partial charge is 0.202 e. The lowest BCUT2D eigenvalue weighted by atomic mass is 10.2. The second kappa shape index (κ2) is 3.66. The molecule has 0 fully saturated rings. The van der Waals surface area contributed by atoms with Crippen LogP contribution in [-0.2, 0) is 0 Å². The minimum Gasteiger partial charge on any atom is -0.496 e. The Hall–Kier alpha value is -2.23. The predicted octanol–water partition coefficient (Wildman–Crippen LogP) is 3.40. The molecule has 0 atom stereocenters. The van der Waals surface area contributed by atoms with Crippen molar-refractivity contribution in [1.82, 2.24) is 5.16 Å². The molecule has 2 heterocycles. The van der Waals surface area contributed by atoms with Gasteiger partial charge < -0.3 is 13.7 Å². The van der Waals surface area contributed by atoms with Crippen LogP contribution in [-0.4, -0.2) is 12.3 Å². The molecule has 17 heavy (non-hydrogen) atoms. The van der Waals surface area contributed by atoms with E-state index in [9.17, 15) is 0 Å². The molecule has 4 nitrogen and oxygen atoms in total. The molecule has 0 bridgehead atoms. The lowest BCUT2D eigenvalue weighted by molar-refractivity contribution is 0.416. The number of hydrogen-bond donors (Lipinski definition) is 0. The summed E-state index contributed by atoms with van der Waals surface area (Å²) in [7, 11) is 1.64. The Labute approximate surface area is 97.8 Å². The molecule has 3 aromatic rings. The monoisotopic (exact) mass is 229 g/mol. The summed E-state index contributed by atoms with van der Waals surface area (Å²) in [6.07, 6.45) is 0. The van der Waals surface area contributed by atoms with E-state index in [1.54, 1.807) is 7.11 Å². The Balaban J connectivity index is 2.19. The molecule has 0 spiro atoms. The van der Waals surface area contributed by atoms with Gasteiger partial charge in [0.1, 0.15) is 11.3 Å². The summed E-state index contributed by atoms with van der Waals surface area (Å²) in [5.74, 6) is 2.07. The molecule has 0 radical (unpaired) electrons. The Morgan fingerprint density at radius 3 is 2.76 bits per heavy atom. The molecule has 86 valence electrons. The van der Waals surface area contributed by atoms with Gasteiger partial charge in [-0.2, -0.15) is 0 Å². The van der Waals surface area contributed by atoms with Crippen LogP contribution in [0.15, 0.2) is 39.3 Å². The fraction of sp³-hybridized carbons (Fsp3) is 0.154. The SMILES string of the molecule is COc1cccc2oc(-c3cc(C)no3)cc12. The van der Waals surface area contributed by atoms with E-state index in [-0.39, 0.29) is 0 Å². The highest BCUT2D eigenvalue weighted by molar-refractivity contribution is 5.87. The van der Waals surface area contributed by atoms with E-state index in [1.165, 1.54) is 0 Å². The normalized spacial score (nSPS) is 10.9. The number of ether oxygens (including phenoxy) is 1. The van der Waals surface area contributed by atoms with Gasteiger partial charge >= 0.3 is 0 Å². The molecule has 2 aromatic heterocycles. The summed E-state index contributed by atoms with van der Waals surface area (Å²) in [6.45, 7) is 1.87. The summed E-state index contributed by atoms with van der Waals surface area (Å²) in [4.78, 5) is 0. The summed E-state index contributed by atoms with van der Waals surface area (Å²) in [6, 6.07) is 9.41. The molecule has 0 amide bonds. The highest BCUT2D eigenvalue weighted by Gasteiger charge is 2.13. The number of aromatic nitrogens is 1. The zero-order valence-electron chi connectivity index (χ0n) is 9.56. The molecule has 0 saturated heterocycles. The van der Waals surface area contributed by atoms with E-state index in [2.05, 4.69) is 5.16 Å². The van der Waals surface area contributed by atoms with Crippen LogP contribution in [0.2, 0.25) is 0 Å². The van der Waals surface area contributed by atoms with Gasteiger partial charge in [0.2, 0.25) is 5.76 Å². The minimum absolute atomic E-state index is 0.626. The molecule has 0 aliphatic heterocycles. The predicted molar refractivity (Wildman–Crippen MR) is 63.0 cm³/mol. The number of rotatable bonds is 2. The Morgan fingerprint density at radius 1 is 1.18 bits per heavy atom. The van der Waals surface area contributed by atoms with Crippen molar-refractivity contribution in [1.29, 1.82) is 0 Å². The van der Waals surface area contributed by atoms with Crippen molar-refractivity contribution in [3.8, 4) is 17.3 Å². The Kier molecular flexibility index (Phi) is 2.14. The molecule has 0 aliphatic carbocycles. The van der Waals surface area contributed by atoms with Gasteiger partial charge in [-0.15, -0.1) is 0 Å². The van der Waals surface area contributed by atoms with Crippen molar-refractivity contribution in [2.75, 3.05) is 7.11 Å². The summed E-state index contributed by atoms with van der Waals surface area (Å²) >= 11 is 0. The van der Waals surface area contributed by atoms with Gasteiger partial charge in [-0.1, -0.05) is 11.2 Å². The molecular formula is C13H11NO3. The third-order valence-corrected chi connectivity index (χ3v) is 2.61. The van der Waals surface area contributed by atoms with Gasteiger partial charge in [0.25, 0.3) is 0 Å². The van der Waals surface area contributed by atoms with Crippen LogP contribution >= 0.6 is 0 Å². The zero-order chi connectivity index (χ0) is 11.8. The highest BCUT2D eigenvalue weighted by atomic mass is 16.5. The van der Waals surface area contributed by atoms with Crippen molar-refractivity contribution in [3.05, 3.63) is 36.0 Å². The molecular weight excluding hydrogens is 218 g/mol. The number of benzene rings is 1. The van der Waals surface area contributed by atoms with Crippen LogP contribution < -0.4 is 4.74 Å². The van der Waals surface area contributed by atoms with E-state index >= 15 is 0 Å². The minimum atomic E-state index is 0.626. The Bertz CT molecular complexity index is 666. The number of aryl methyl sites for hydroxylation is 1. The van der Waals surface area contributed by atoms with Gasteiger partial charge in [-0.05, 0) is 25.1 Å². The first kappa shape index (κ1) is 9.96. The van der Waals surface area contributed by atoms with Gasteiger partial charge in [0, 0.05) is 6.07 Å². The van der Waals surface area contributed by atoms with Crippen LogP contribution in [0.1, 0.15) is 5.69 Å². The van der Waals surface area contributed by atoms with Gasteiger partial charge in [0.15, 0.2) is 5.76 Å². The van der Waals surface area contributed by atoms with Gasteiger partial charge in [-0.25, -0.2) is 0 Å². The fourth-order valence-electron chi connectivity index (χ4n) is 1.81. The largest absolute Gasteiger partial charge is 0.496 e. The van der Waals surface area contributed by atoms with Crippen LogP contribution in [0.3, 0.4) is 0 Å². The third-order valence-electron chi connectivity index (χ3n) is 2.61. The van der Waals surface area contributed by atoms with Crippen LogP contribution in [0.25, 0.3) is 22.5 Å². The van der Waals surface area contributed by atoms with Crippen LogP contribution in [0.5, 0.6) is 5.75 Å². The molecule has 0 N–H and O–H groups in total. The number of fused-ring (bicyclic) bond motifs is 1. The van der Waals surface area contributed by atoms with Gasteiger partial charge in [0.05, 0.1) is 18.2 Å². The van der Waals surface area contributed by atoms with E-state index in [4.69, 9.17) is 13.7 Å². The maximum Gasteiger partial charge on any atom is 0.202 e. The maximum absolute atomic E-state index is 5.70. The first-order valence-electron chi connectivity index (χ1n) is 5.28. The summed E-state index contributed by atoms with van der Waals surface area (Å²) in [5.41, 5.74) is 1.60. The summed E-state index contributed by atoms with van der Waals surface area (Å²) < 4.78 is 16.1. The first-order valence-corrected chi connectivity index (χ1v) is 5.28. The average Bonchev–Trinajstić information content (AvgIpc) is 2.93. The topological polar surface area (TPSA) is 48.4 Å². The van der Waals surface area contributed by atoms with E-state index in [0.29, 0.717) is 11.5 Å². The Morgan fingerprint density at radius 2 is 2.06 bits per heavy atom. The van der Waals surface area contributed by atoms with Crippen LogP contribution in [0, 0.1) is 6.92 Å². The van der Waals surface area contributed by atoms with Crippen molar-refractivity contribution in [2.45, 2.75) is 6.92 Å². The van der Waals surface area contributed by atoms with Crippen molar-refractivity contribution >= 4 is 11.0 Å². The number of hydrogen-bond acceptors (Lipinski definition) is 4. The molecule has 0 unspecified atom stereocenters. The van der Waals surface area contributed by atoms with Crippen LogP contribution in [0.4, 0.5) is 0 Å². The number of nitrogens with zero attached hydrogens (tertiary/aromatic N) is 1. The lowest BCUT2D eigenvalue weighted by Crippen LogP contribution is -1.81.